The van der Waals surface area contributed by atoms with Crippen LogP contribution in [-0.4, -0.2) is 160 Å². The number of benzene rings is 2. The highest BCUT2D eigenvalue weighted by atomic mass is 35.5. The summed E-state index contributed by atoms with van der Waals surface area (Å²) < 4.78 is 60.7. The van der Waals surface area contributed by atoms with Crippen LogP contribution >= 0.6 is 23.2 Å². The molecule has 3 unspecified atom stereocenters. The molecule has 19 heteroatoms. The Hall–Kier alpha value is -2.49. The highest BCUT2D eigenvalue weighted by Crippen LogP contribution is 2.38. The topological polar surface area (TPSA) is 203 Å². The van der Waals surface area contributed by atoms with Crippen molar-refractivity contribution in [1.82, 2.24) is 20.3 Å². The molecule has 1 aliphatic heterocycles. The Bertz CT molecular complexity index is 1580. The molecule has 5 N–H and O–H groups in total. The maximum atomic E-state index is 13.1. The molecule has 2 aromatic carbocycles. The Morgan fingerprint density at radius 1 is 0.782 bits per heavy atom. The van der Waals surface area contributed by atoms with Crippen LogP contribution in [0.5, 0.6) is 0 Å². The van der Waals surface area contributed by atoms with Gasteiger partial charge in [0, 0.05) is 55.3 Å². The summed E-state index contributed by atoms with van der Waals surface area (Å²) in [5.41, 5.74) is 2.82. The second kappa shape index (κ2) is 25.7. The second-order valence-electron chi connectivity index (χ2n) is 12.4. The molecule has 0 aromatic heterocycles. The fourth-order valence-electron chi connectivity index (χ4n) is 5.48. The molecule has 1 heterocycles. The van der Waals surface area contributed by atoms with Gasteiger partial charge in [0.05, 0.1) is 77.6 Å². The van der Waals surface area contributed by atoms with E-state index in [9.17, 15) is 28.2 Å². The molecular formula is C36H54Cl2N4O12S. The molecule has 0 spiro atoms. The van der Waals surface area contributed by atoms with E-state index >= 15 is 0 Å². The van der Waals surface area contributed by atoms with Gasteiger partial charge in [-0.15, -0.1) is 0 Å². The Labute approximate surface area is 333 Å². The number of aliphatic hydroxyl groups excluding tert-OH is 2. The molecular weight excluding hydrogens is 783 g/mol. The number of ether oxygens (including phenoxy) is 6. The summed E-state index contributed by atoms with van der Waals surface area (Å²) in [6.07, 6.45) is -3.91. The molecule has 0 saturated carbocycles. The number of carbonyl (C=O) groups is 2. The van der Waals surface area contributed by atoms with E-state index in [2.05, 4.69) is 20.3 Å². The zero-order valence-electron chi connectivity index (χ0n) is 31.3. The van der Waals surface area contributed by atoms with Crippen LogP contribution in [0.2, 0.25) is 10.0 Å². The van der Waals surface area contributed by atoms with Gasteiger partial charge in [-0.05, 0) is 54.9 Å². The smallest absolute Gasteiger partial charge is 0.252 e. The normalized spacial score (nSPS) is 15.7. The first-order valence-electron chi connectivity index (χ1n) is 18.1. The standard InChI is InChI=1S/C36H54Cl2N4O12S/c1-3-49-13-14-53-18-15-50-10-7-39-35(45)33(43)34(44)36(46)40-8-11-51-16-19-54-20-17-52-12-9-41-55(47,48)28-6-4-5-26(21-28)30-24-42(2)25-31-29(30)22-27(37)23-32(31)38/h4-6,21-23,30,33-34,41,43-44H,3,7-20,24-25H2,1-2H3,(H,39,45)(H,40,46). The average Bonchev–Trinajstić information content (AvgIpc) is 3.16. The lowest BCUT2D eigenvalue weighted by Crippen LogP contribution is -2.50. The van der Waals surface area contributed by atoms with Gasteiger partial charge in [0.1, 0.15) is 0 Å². The average molecular weight is 838 g/mol. The van der Waals surface area contributed by atoms with Gasteiger partial charge in [-0.25, -0.2) is 13.1 Å². The van der Waals surface area contributed by atoms with E-state index in [0.717, 1.165) is 16.7 Å². The predicted molar refractivity (Wildman–Crippen MR) is 205 cm³/mol. The van der Waals surface area contributed by atoms with Crippen LogP contribution in [0.15, 0.2) is 41.3 Å². The maximum Gasteiger partial charge on any atom is 0.252 e. The molecule has 2 amide bonds. The number of aliphatic hydroxyl groups is 2. The lowest BCUT2D eigenvalue weighted by atomic mass is 9.85. The molecule has 0 radical (unpaired) electrons. The van der Waals surface area contributed by atoms with E-state index in [-0.39, 0.29) is 76.7 Å². The summed E-state index contributed by atoms with van der Waals surface area (Å²) in [4.78, 5) is 26.4. The highest BCUT2D eigenvalue weighted by Gasteiger charge is 2.30. The summed E-state index contributed by atoms with van der Waals surface area (Å²) in [5, 5.41) is 25.9. The van der Waals surface area contributed by atoms with Crippen LogP contribution in [-0.2, 0) is 54.6 Å². The summed E-state index contributed by atoms with van der Waals surface area (Å²) in [7, 11) is -1.80. The monoisotopic (exact) mass is 836 g/mol. The van der Waals surface area contributed by atoms with Crippen molar-refractivity contribution in [3.05, 3.63) is 63.1 Å². The molecule has 0 aliphatic carbocycles. The van der Waals surface area contributed by atoms with E-state index in [4.69, 9.17) is 51.6 Å². The Balaban J connectivity index is 1.20. The van der Waals surface area contributed by atoms with Gasteiger partial charge in [0.2, 0.25) is 10.0 Å². The van der Waals surface area contributed by atoms with Crippen LogP contribution in [0.4, 0.5) is 0 Å². The van der Waals surface area contributed by atoms with Gasteiger partial charge in [-0.3, -0.25) is 9.59 Å². The fourth-order valence-corrected chi connectivity index (χ4v) is 7.11. The van der Waals surface area contributed by atoms with Crippen molar-refractivity contribution in [3.63, 3.8) is 0 Å². The van der Waals surface area contributed by atoms with Crippen molar-refractivity contribution in [2.45, 2.75) is 36.5 Å². The number of hydrogen-bond donors (Lipinski definition) is 5. The van der Waals surface area contributed by atoms with Crippen LogP contribution in [0.1, 0.15) is 29.5 Å². The minimum atomic E-state index is -3.79. The zero-order chi connectivity index (χ0) is 40.1. The number of sulfonamides is 1. The molecule has 310 valence electrons. The molecule has 3 atom stereocenters. The Kier molecular flexibility index (Phi) is 21.9. The third kappa shape index (κ3) is 16.9. The Morgan fingerprint density at radius 3 is 1.84 bits per heavy atom. The van der Waals surface area contributed by atoms with E-state index in [1.54, 1.807) is 24.3 Å². The van der Waals surface area contributed by atoms with Crippen molar-refractivity contribution < 1.29 is 56.6 Å². The third-order valence-corrected chi connectivity index (χ3v) is 10.2. The number of halogens is 2. The SMILES string of the molecule is CCOCCOCCOCCNC(=O)C(O)C(O)C(=O)NCCOCCOCCOCCNS(=O)(=O)c1cccc(C2CN(C)Cc3c(Cl)cc(Cl)cc32)c1. The van der Waals surface area contributed by atoms with Gasteiger partial charge < -0.3 is 54.2 Å². The lowest BCUT2D eigenvalue weighted by Gasteiger charge is -2.33. The minimum absolute atomic E-state index is 0.0314. The summed E-state index contributed by atoms with van der Waals surface area (Å²) in [6.45, 7) is 7.04. The van der Waals surface area contributed by atoms with Crippen molar-refractivity contribution in [3.8, 4) is 0 Å². The first-order valence-corrected chi connectivity index (χ1v) is 20.3. The molecule has 3 rings (SSSR count). The van der Waals surface area contributed by atoms with Crippen LogP contribution < -0.4 is 15.4 Å². The van der Waals surface area contributed by atoms with E-state index in [1.807, 2.05) is 26.1 Å². The van der Waals surface area contributed by atoms with Crippen molar-refractivity contribution >= 4 is 45.0 Å². The quantitative estimate of drug-likeness (QED) is 0.0759. The molecule has 0 bridgehead atoms. The largest absolute Gasteiger partial charge is 0.380 e. The predicted octanol–water partition coefficient (Wildman–Crippen LogP) is 0.923. The van der Waals surface area contributed by atoms with Crippen LogP contribution in [0, 0.1) is 0 Å². The first-order chi connectivity index (χ1) is 26.4. The number of fused-ring (bicyclic) bond motifs is 1. The van der Waals surface area contributed by atoms with Gasteiger partial charge >= 0.3 is 0 Å². The van der Waals surface area contributed by atoms with Crippen LogP contribution in [0.25, 0.3) is 0 Å². The molecule has 2 aromatic rings. The zero-order valence-corrected chi connectivity index (χ0v) is 33.6. The highest BCUT2D eigenvalue weighted by molar-refractivity contribution is 7.89. The number of nitrogens with one attached hydrogen (secondary N) is 3. The molecule has 0 fully saturated rings. The van der Waals surface area contributed by atoms with Gasteiger partial charge in [0.25, 0.3) is 11.8 Å². The van der Waals surface area contributed by atoms with Crippen LogP contribution in [0.3, 0.4) is 0 Å². The van der Waals surface area contributed by atoms with Crippen molar-refractivity contribution in [2.24, 2.45) is 0 Å². The second-order valence-corrected chi connectivity index (χ2v) is 15.0. The summed E-state index contributed by atoms with van der Waals surface area (Å²) in [5.74, 6) is -1.93. The first kappa shape index (κ1) is 46.9. The number of likely N-dealkylation sites (N-methyl/N-ethyl adjacent to an activating group) is 1. The third-order valence-electron chi connectivity index (χ3n) is 8.22. The number of rotatable bonds is 28. The summed E-state index contributed by atoms with van der Waals surface area (Å²) in [6, 6.07) is 10.5. The van der Waals surface area contributed by atoms with Gasteiger partial charge in [0.15, 0.2) is 12.2 Å². The molecule has 0 saturated heterocycles. The van der Waals surface area contributed by atoms with E-state index in [1.165, 1.54) is 0 Å². The van der Waals surface area contributed by atoms with E-state index in [0.29, 0.717) is 56.2 Å². The number of hydrogen-bond acceptors (Lipinski definition) is 13. The maximum absolute atomic E-state index is 13.1. The number of nitrogens with zero attached hydrogens (tertiary/aromatic N) is 1. The van der Waals surface area contributed by atoms with E-state index < -0.39 is 34.0 Å². The summed E-state index contributed by atoms with van der Waals surface area (Å²) >= 11 is 12.8. The molecule has 1 aliphatic rings. The minimum Gasteiger partial charge on any atom is -0.380 e. The number of carbonyl (C=O) groups excluding carboxylic acids is 2. The van der Waals surface area contributed by atoms with Gasteiger partial charge in [-0.1, -0.05) is 35.3 Å². The Morgan fingerprint density at radius 2 is 1.29 bits per heavy atom. The van der Waals surface area contributed by atoms with Gasteiger partial charge in [-0.2, -0.15) is 0 Å². The van der Waals surface area contributed by atoms with Crippen molar-refractivity contribution in [2.75, 3.05) is 113 Å². The molecule has 16 nitrogen and oxygen atoms in total. The fraction of sp³-hybridized carbons (Fsp3) is 0.611. The van der Waals surface area contributed by atoms with Crippen molar-refractivity contribution in [1.29, 1.82) is 0 Å². The molecule has 55 heavy (non-hydrogen) atoms. The number of amides is 2. The lowest BCUT2D eigenvalue weighted by molar-refractivity contribution is -0.146.